The van der Waals surface area contributed by atoms with Gasteiger partial charge in [0.1, 0.15) is 0 Å². The van der Waals surface area contributed by atoms with Gasteiger partial charge >= 0.3 is 0 Å². The summed E-state index contributed by atoms with van der Waals surface area (Å²) in [5.74, 6) is 0. The first-order chi connectivity index (χ1) is 25.7. The Bertz CT molecular complexity index is 2910. The van der Waals surface area contributed by atoms with Gasteiger partial charge in [-0.3, -0.25) is 0 Å². The van der Waals surface area contributed by atoms with E-state index in [1.807, 2.05) is 11.3 Å². The van der Waals surface area contributed by atoms with Crippen LogP contribution < -0.4 is 4.90 Å². The van der Waals surface area contributed by atoms with Gasteiger partial charge in [-0.15, -0.1) is 11.3 Å². The Labute approximate surface area is 314 Å². The summed E-state index contributed by atoms with van der Waals surface area (Å²) in [4.78, 5) is 2.39. The molecule has 2 heterocycles. The average molecular weight is 748 g/mol. The van der Waals surface area contributed by atoms with Gasteiger partial charge in [0, 0.05) is 58.2 Å². The van der Waals surface area contributed by atoms with Crippen LogP contribution in [0.3, 0.4) is 0 Å². The van der Waals surface area contributed by atoms with E-state index in [1.54, 1.807) is 0 Å². The van der Waals surface area contributed by atoms with Crippen molar-refractivity contribution in [3.8, 4) is 27.9 Å². The van der Waals surface area contributed by atoms with Crippen LogP contribution in [-0.2, 0) is 0 Å². The van der Waals surface area contributed by atoms with Gasteiger partial charge in [-0.05, 0) is 95.1 Å². The summed E-state index contributed by atoms with van der Waals surface area (Å²) in [5, 5.41) is 5.12. The van der Waals surface area contributed by atoms with E-state index in [2.05, 4.69) is 213 Å². The molecule has 52 heavy (non-hydrogen) atoms. The zero-order valence-corrected chi connectivity index (χ0v) is 30.5. The van der Waals surface area contributed by atoms with E-state index < -0.39 is 0 Å². The first-order valence-electron chi connectivity index (χ1n) is 17.5. The van der Waals surface area contributed by atoms with Gasteiger partial charge in [-0.2, -0.15) is 0 Å². The Morgan fingerprint density at radius 1 is 0.423 bits per heavy atom. The van der Waals surface area contributed by atoms with Gasteiger partial charge in [-0.25, -0.2) is 0 Å². The molecule has 4 heteroatoms. The highest BCUT2D eigenvalue weighted by Crippen LogP contribution is 2.45. The van der Waals surface area contributed by atoms with Gasteiger partial charge in [-0.1, -0.05) is 131 Å². The van der Waals surface area contributed by atoms with E-state index in [1.165, 1.54) is 64.2 Å². The normalized spacial score (nSPS) is 11.6. The molecule has 0 aliphatic rings. The first-order valence-corrected chi connectivity index (χ1v) is 19.1. The number of thiophene rings is 1. The number of anilines is 3. The second-order valence-electron chi connectivity index (χ2n) is 13.1. The molecule has 10 aromatic rings. The number of nitrogens with zero attached hydrogens (tertiary/aromatic N) is 2. The van der Waals surface area contributed by atoms with Crippen molar-refractivity contribution in [2.24, 2.45) is 0 Å². The maximum Gasteiger partial charge on any atom is 0.0634 e. The van der Waals surface area contributed by atoms with E-state index >= 15 is 0 Å². The summed E-state index contributed by atoms with van der Waals surface area (Å²) in [6, 6.07) is 68.1. The standard InChI is InChI=1S/C48H31BrN2S/c49-36-15-9-13-34(29-36)33-21-23-38(24-22-33)50(39-18-10-14-35(30-39)32-11-3-1-4-12-32)40-25-26-41-42-27-28-46-47(43-19-7-8-20-45(43)52-46)48(42)51(44(41)31-40)37-16-5-2-6-17-37/h1-31H. The Morgan fingerprint density at radius 2 is 1.06 bits per heavy atom. The summed E-state index contributed by atoms with van der Waals surface area (Å²) in [6.07, 6.45) is 0. The molecule has 0 aliphatic carbocycles. The molecular formula is C48H31BrN2S. The fourth-order valence-electron chi connectivity index (χ4n) is 7.66. The lowest BCUT2D eigenvalue weighted by molar-refractivity contribution is 1.18. The molecule has 0 fully saturated rings. The number of aromatic nitrogens is 1. The van der Waals surface area contributed by atoms with Crippen molar-refractivity contribution < 1.29 is 0 Å². The third kappa shape index (κ3) is 5.22. The Kier molecular flexibility index (Phi) is 7.52. The summed E-state index contributed by atoms with van der Waals surface area (Å²) in [5.41, 5.74) is 11.6. The summed E-state index contributed by atoms with van der Waals surface area (Å²) < 4.78 is 6.17. The summed E-state index contributed by atoms with van der Waals surface area (Å²) >= 11 is 5.52. The number of fused-ring (bicyclic) bond motifs is 7. The van der Waals surface area contributed by atoms with Crippen LogP contribution in [0.4, 0.5) is 17.1 Å². The second-order valence-corrected chi connectivity index (χ2v) is 15.1. The van der Waals surface area contributed by atoms with Crippen LogP contribution in [-0.4, -0.2) is 4.57 Å². The average Bonchev–Trinajstić information content (AvgIpc) is 3.74. The number of rotatable bonds is 6. The fraction of sp³-hybridized carbons (Fsp3) is 0. The quantitative estimate of drug-likeness (QED) is 0.164. The molecule has 0 bridgehead atoms. The highest BCUT2D eigenvalue weighted by molar-refractivity contribution is 9.10. The van der Waals surface area contributed by atoms with Crippen LogP contribution in [0.15, 0.2) is 193 Å². The third-order valence-electron chi connectivity index (χ3n) is 10.0. The van der Waals surface area contributed by atoms with Crippen LogP contribution >= 0.6 is 27.3 Å². The summed E-state index contributed by atoms with van der Waals surface area (Å²) in [6.45, 7) is 0. The molecule has 0 atom stereocenters. The number of hydrogen-bond acceptors (Lipinski definition) is 2. The second kappa shape index (κ2) is 12.7. The third-order valence-corrected chi connectivity index (χ3v) is 11.6. The number of para-hydroxylation sites is 1. The van der Waals surface area contributed by atoms with Gasteiger partial charge in [0.15, 0.2) is 0 Å². The number of hydrogen-bond donors (Lipinski definition) is 0. The molecule has 0 saturated carbocycles. The van der Waals surface area contributed by atoms with E-state index in [4.69, 9.17) is 0 Å². The molecule has 246 valence electrons. The fourth-order valence-corrected chi connectivity index (χ4v) is 9.17. The van der Waals surface area contributed by atoms with Crippen molar-refractivity contribution in [3.05, 3.63) is 193 Å². The molecular weight excluding hydrogens is 717 g/mol. The van der Waals surface area contributed by atoms with Crippen molar-refractivity contribution in [3.63, 3.8) is 0 Å². The zero-order valence-electron chi connectivity index (χ0n) is 28.1. The SMILES string of the molecule is Brc1cccc(-c2ccc(N(c3cccc(-c4ccccc4)c3)c3ccc4c5ccc6sc7ccccc7c6c5n(-c5ccccc5)c4c3)cc2)c1. The van der Waals surface area contributed by atoms with Crippen LogP contribution in [0.2, 0.25) is 0 Å². The molecule has 0 aliphatic heterocycles. The van der Waals surface area contributed by atoms with E-state index in [0.717, 1.165) is 27.2 Å². The Morgan fingerprint density at radius 3 is 1.87 bits per heavy atom. The van der Waals surface area contributed by atoms with Crippen molar-refractivity contribution in [1.82, 2.24) is 4.57 Å². The van der Waals surface area contributed by atoms with Gasteiger partial charge in [0.05, 0.1) is 11.0 Å². The molecule has 10 rings (SSSR count). The summed E-state index contributed by atoms with van der Waals surface area (Å²) in [7, 11) is 0. The largest absolute Gasteiger partial charge is 0.310 e. The molecule has 0 spiro atoms. The van der Waals surface area contributed by atoms with Crippen LogP contribution in [0.5, 0.6) is 0 Å². The highest BCUT2D eigenvalue weighted by Gasteiger charge is 2.21. The molecule has 0 radical (unpaired) electrons. The van der Waals surface area contributed by atoms with Crippen LogP contribution in [0.1, 0.15) is 0 Å². The Balaban J connectivity index is 1.23. The van der Waals surface area contributed by atoms with E-state index in [9.17, 15) is 0 Å². The molecule has 0 unspecified atom stereocenters. The maximum atomic E-state index is 3.65. The predicted octanol–water partition coefficient (Wildman–Crippen LogP) is 14.7. The van der Waals surface area contributed by atoms with E-state index in [-0.39, 0.29) is 0 Å². The van der Waals surface area contributed by atoms with Crippen molar-refractivity contribution in [2.75, 3.05) is 4.90 Å². The minimum absolute atomic E-state index is 1.07. The van der Waals surface area contributed by atoms with Gasteiger partial charge in [0.2, 0.25) is 0 Å². The van der Waals surface area contributed by atoms with Crippen molar-refractivity contribution in [1.29, 1.82) is 0 Å². The van der Waals surface area contributed by atoms with Gasteiger partial charge < -0.3 is 9.47 Å². The van der Waals surface area contributed by atoms with Gasteiger partial charge in [0.25, 0.3) is 0 Å². The lowest BCUT2D eigenvalue weighted by Gasteiger charge is -2.26. The first kappa shape index (κ1) is 30.8. The lowest BCUT2D eigenvalue weighted by atomic mass is 10.0. The predicted molar refractivity (Wildman–Crippen MR) is 227 cm³/mol. The molecule has 2 aromatic heterocycles. The number of halogens is 1. The monoisotopic (exact) mass is 746 g/mol. The molecule has 8 aromatic carbocycles. The maximum absolute atomic E-state index is 3.65. The molecule has 0 saturated heterocycles. The van der Waals surface area contributed by atoms with Crippen molar-refractivity contribution >= 4 is 86.3 Å². The van der Waals surface area contributed by atoms with E-state index in [0.29, 0.717) is 0 Å². The highest BCUT2D eigenvalue weighted by atomic mass is 79.9. The minimum Gasteiger partial charge on any atom is -0.310 e. The Hall–Kier alpha value is -5.94. The minimum atomic E-state index is 1.07. The van der Waals surface area contributed by atoms with Crippen LogP contribution in [0, 0.1) is 0 Å². The molecule has 0 amide bonds. The molecule has 0 N–H and O–H groups in total. The molecule has 2 nitrogen and oxygen atoms in total. The van der Waals surface area contributed by atoms with Crippen molar-refractivity contribution in [2.45, 2.75) is 0 Å². The van der Waals surface area contributed by atoms with Crippen LogP contribution in [0.25, 0.3) is 69.9 Å². The zero-order chi connectivity index (χ0) is 34.6. The topological polar surface area (TPSA) is 8.17 Å². The number of benzene rings is 8. The smallest absolute Gasteiger partial charge is 0.0634 e. The lowest BCUT2D eigenvalue weighted by Crippen LogP contribution is -2.10.